The van der Waals surface area contributed by atoms with Crippen molar-refractivity contribution >= 4 is 0 Å². The lowest BCUT2D eigenvalue weighted by molar-refractivity contribution is 0.397. The summed E-state index contributed by atoms with van der Waals surface area (Å²) in [5.74, 6) is -0.495. The summed E-state index contributed by atoms with van der Waals surface area (Å²) in [6.07, 6.45) is 1.61. The van der Waals surface area contributed by atoms with Crippen molar-refractivity contribution in [3.05, 3.63) is 17.7 Å². The SMILES string of the molecule is CC(C)(C)c1cn(C(C)(C)C#N)nc1F. The van der Waals surface area contributed by atoms with E-state index in [1.807, 2.05) is 20.8 Å². The monoisotopic (exact) mass is 209 g/mol. The van der Waals surface area contributed by atoms with Gasteiger partial charge in [-0.15, -0.1) is 5.10 Å². The van der Waals surface area contributed by atoms with E-state index in [2.05, 4.69) is 11.2 Å². The maximum atomic E-state index is 13.5. The molecule has 0 aliphatic carbocycles. The second-order valence-corrected chi connectivity index (χ2v) is 5.20. The van der Waals surface area contributed by atoms with Crippen molar-refractivity contribution in [1.82, 2.24) is 9.78 Å². The number of hydrogen-bond acceptors (Lipinski definition) is 2. The Balaban J connectivity index is 3.25. The summed E-state index contributed by atoms with van der Waals surface area (Å²) in [6, 6.07) is 2.08. The molecule has 0 N–H and O–H groups in total. The van der Waals surface area contributed by atoms with E-state index in [4.69, 9.17) is 5.26 Å². The highest BCUT2D eigenvalue weighted by atomic mass is 19.1. The van der Waals surface area contributed by atoms with E-state index < -0.39 is 11.5 Å². The van der Waals surface area contributed by atoms with Crippen molar-refractivity contribution in [3.8, 4) is 6.07 Å². The molecule has 0 aromatic carbocycles. The molecule has 1 heterocycles. The summed E-state index contributed by atoms with van der Waals surface area (Å²) >= 11 is 0. The Hall–Kier alpha value is -1.37. The van der Waals surface area contributed by atoms with Gasteiger partial charge in [-0.05, 0) is 19.3 Å². The topological polar surface area (TPSA) is 41.6 Å². The molecule has 0 saturated heterocycles. The number of nitrogens with zero attached hydrogens (tertiary/aromatic N) is 3. The predicted molar refractivity (Wildman–Crippen MR) is 55.8 cm³/mol. The average molecular weight is 209 g/mol. The molecule has 0 bridgehead atoms. The number of hydrogen-bond donors (Lipinski definition) is 0. The molecule has 0 saturated carbocycles. The maximum absolute atomic E-state index is 13.5. The molecule has 0 unspecified atom stereocenters. The molecule has 1 aromatic rings. The minimum absolute atomic E-state index is 0.298. The summed E-state index contributed by atoms with van der Waals surface area (Å²) in [4.78, 5) is 0. The van der Waals surface area contributed by atoms with Crippen LogP contribution in [0, 0.1) is 17.3 Å². The van der Waals surface area contributed by atoms with Gasteiger partial charge in [0.15, 0.2) is 0 Å². The van der Waals surface area contributed by atoms with Gasteiger partial charge in [-0.25, -0.2) is 4.68 Å². The highest BCUT2D eigenvalue weighted by Gasteiger charge is 2.27. The minimum Gasteiger partial charge on any atom is -0.250 e. The van der Waals surface area contributed by atoms with Crippen molar-refractivity contribution in [2.75, 3.05) is 0 Å². The van der Waals surface area contributed by atoms with Gasteiger partial charge in [0.2, 0.25) is 5.95 Å². The van der Waals surface area contributed by atoms with Crippen LogP contribution in [0.15, 0.2) is 6.20 Å². The van der Waals surface area contributed by atoms with Gasteiger partial charge in [0, 0.05) is 11.8 Å². The van der Waals surface area contributed by atoms with Crippen LogP contribution in [-0.2, 0) is 11.0 Å². The van der Waals surface area contributed by atoms with E-state index in [0.717, 1.165) is 0 Å². The van der Waals surface area contributed by atoms with E-state index in [1.54, 1.807) is 20.0 Å². The zero-order valence-corrected chi connectivity index (χ0v) is 9.80. The van der Waals surface area contributed by atoms with Gasteiger partial charge in [0.1, 0.15) is 5.54 Å². The van der Waals surface area contributed by atoms with Crippen molar-refractivity contribution in [2.24, 2.45) is 0 Å². The van der Waals surface area contributed by atoms with E-state index >= 15 is 0 Å². The molecular formula is C11H16FN3. The van der Waals surface area contributed by atoms with Crippen LogP contribution < -0.4 is 0 Å². The zero-order chi connectivity index (χ0) is 11.9. The van der Waals surface area contributed by atoms with Gasteiger partial charge in [0.05, 0.1) is 6.07 Å². The van der Waals surface area contributed by atoms with Crippen molar-refractivity contribution in [1.29, 1.82) is 5.26 Å². The standard InChI is InChI=1S/C11H16FN3/c1-10(2,3)8-6-15(14-9(8)12)11(4,5)7-13/h6H,1-5H3. The Morgan fingerprint density at radius 2 is 1.87 bits per heavy atom. The van der Waals surface area contributed by atoms with E-state index in [-0.39, 0.29) is 5.41 Å². The molecule has 15 heavy (non-hydrogen) atoms. The van der Waals surface area contributed by atoms with Crippen LogP contribution in [0.25, 0.3) is 0 Å². The predicted octanol–water partition coefficient (Wildman–Crippen LogP) is 2.58. The Labute approximate surface area is 89.5 Å². The highest BCUT2D eigenvalue weighted by molar-refractivity contribution is 5.19. The minimum atomic E-state index is -0.815. The van der Waals surface area contributed by atoms with Crippen LogP contribution in [0.1, 0.15) is 40.2 Å². The van der Waals surface area contributed by atoms with E-state index in [1.165, 1.54) is 4.68 Å². The normalized spacial score (nSPS) is 12.6. The fourth-order valence-electron chi connectivity index (χ4n) is 1.19. The van der Waals surface area contributed by atoms with Crippen molar-refractivity contribution < 1.29 is 4.39 Å². The molecule has 1 rings (SSSR count). The molecule has 1 aromatic heterocycles. The molecule has 0 aliphatic rings. The number of rotatable bonds is 1. The molecule has 0 atom stereocenters. The first-order valence-corrected chi connectivity index (χ1v) is 4.86. The van der Waals surface area contributed by atoms with Gasteiger partial charge < -0.3 is 0 Å². The molecule has 0 aliphatic heterocycles. The molecule has 0 spiro atoms. The summed E-state index contributed by atoms with van der Waals surface area (Å²) in [7, 11) is 0. The van der Waals surface area contributed by atoms with Gasteiger partial charge in [-0.1, -0.05) is 20.8 Å². The second-order valence-electron chi connectivity index (χ2n) is 5.20. The fraction of sp³-hybridized carbons (Fsp3) is 0.636. The molecule has 3 nitrogen and oxygen atoms in total. The van der Waals surface area contributed by atoms with Crippen LogP contribution in [0.4, 0.5) is 4.39 Å². The Bertz CT molecular complexity index is 404. The quantitative estimate of drug-likeness (QED) is 0.713. The smallest absolute Gasteiger partial charge is 0.236 e. The largest absolute Gasteiger partial charge is 0.250 e. The molecule has 0 fully saturated rings. The lowest BCUT2D eigenvalue weighted by atomic mass is 9.89. The van der Waals surface area contributed by atoms with E-state index in [9.17, 15) is 4.39 Å². The number of halogens is 1. The first kappa shape index (κ1) is 11.7. The molecule has 82 valence electrons. The third kappa shape index (κ3) is 2.17. The van der Waals surface area contributed by atoms with Crippen LogP contribution >= 0.6 is 0 Å². The maximum Gasteiger partial charge on any atom is 0.236 e. The second kappa shape index (κ2) is 3.34. The summed E-state index contributed by atoms with van der Waals surface area (Å²) in [6.45, 7) is 9.14. The van der Waals surface area contributed by atoms with Gasteiger partial charge in [-0.2, -0.15) is 9.65 Å². The van der Waals surface area contributed by atoms with Crippen LogP contribution in [-0.4, -0.2) is 9.78 Å². The summed E-state index contributed by atoms with van der Waals surface area (Å²) in [5, 5.41) is 12.7. The molecule has 4 heteroatoms. The van der Waals surface area contributed by atoms with Crippen LogP contribution in [0.5, 0.6) is 0 Å². The third-order valence-electron chi connectivity index (χ3n) is 2.32. The Morgan fingerprint density at radius 1 is 1.33 bits per heavy atom. The van der Waals surface area contributed by atoms with Gasteiger partial charge in [-0.3, -0.25) is 0 Å². The average Bonchev–Trinajstić information content (AvgIpc) is 2.47. The zero-order valence-electron chi connectivity index (χ0n) is 9.80. The summed E-state index contributed by atoms with van der Waals surface area (Å²) < 4.78 is 14.9. The fourth-order valence-corrected chi connectivity index (χ4v) is 1.19. The third-order valence-corrected chi connectivity index (χ3v) is 2.32. The number of aromatic nitrogens is 2. The van der Waals surface area contributed by atoms with Gasteiger partial charge >= 0.3 is 0 Å². The van der Waals surface area contributed by atoms with Crippen LogP contribution in [0.3, 0.4) is 0 Å². The van der Waals surface area contributed by atoms with Crippen molar-refractivity contribution in [3.63, 3.8) is 0 Å². The Morgan fingerprint density at radius 3 is 2.20 bits per heavy atom. The molecule has 0 amide bonds. The molecule has 0 radical (unpaired) electrons. The van der Waals surface area contributed by atoms with Crippen molar-refractivity contribution in [2.45, 2.75) is 45.6 Å². The first-order valence-electron chi connectivity index (χ1n) is 4.86. The highest BCUT2D eigenvalue weighted by Crippen LogP contribution is 2.26. The Kier molecular flexibility index (Phi) is 2.60. The lowest BCUT2D eigenvalue weighted by Crippen LogP contribution is -2.24. The van der Waals surface area contributed by atoms with Crippen LogP contribution in [0.2, 0.25) is 0 Å². The molecular weight excluding hydrogens is 193 g/mol. The van der Waals surface area contributed by atoms with Gasteiger partial charge in [0.25, 0.3) is 0 Å². The lowest BCUT2D eigenvalue weighted by Gasteiger charge is -2.17. The van der Waals surface area contributed by atoms with E-state index in [0.29, 0.717) is 5.56 Å². The number of nitriles is 1. The summed E-state index contributed by atoms with van der Waals surface area (Å²) in [5.41, 5.74) is -0.580. The first-order chi connectivity index (χ1) is 6.68.